The molecule has 0 bridgehead atoms. The Morgan fingerprint density at radius 1 is 0.551 bits per heavy atom. The SMILES string of the molecule is CC(C)S[C@@H]1O[C@@H]2CO[C@H](c3ccccc3)O[C@@H]2[C@H](OC(=O)c2ccccc2)[C@H]1O[C@H]1O[C@H](COCc2ccccc2)[C@@H](OCc2ccccc2)[C@H](OCc2ccccc2)[C@H]1OCc1ccccc1. The standard InChI is InChI=1S/C57H60O11S/c1-39(2)69-57-53(51(66-54(58)44-29-17-7-18-30-44)49-47(65-57)38-63-55(67-49)45-31-19-8-20-32-45)68-56-52(62-36-43-27-15-6-16-28-43)50(61-35-42-25-13-5-14-26-42)48(60-34-41-23-11-4-12-24-41)46(64-56)37-59-33-40-21-9-3-10-22-40/h3-32,39,46-53,55-57H,33-38H2,1-2H3/t46-,47-,48-,49+,50+,51+,52-,53-,55+,56-,57+/m1/s1. The van der Waals surface area contributed by atoms with Crippen molar-refractivity contribution >= 4 is 17.7 Å². The van der Waals surface area contributed by atoms with Crippen molar-refractivity contribution in [2.45, 2.75) is 112 Å². The predicted molar refractivity (Wildman–Crippen MR) is 262 cm³/mol. The maximum Gasteiger partial charge on any atom is 0.338 e. The third-order valence-corrected chi connectivity index (χ3v) is 13.3. The summed E-state index contributed by atoms with van der Waals surface area (Å²) in [6.45, 7) is 5.59. The van der Waals surface area contributed by atoms with Gasteiger partial charge < -0.3 is 47.4 Å². The highest BCUT2D eigenvalue weighted by Gasteiger charge is 2.56. The zero-order valence-corrected chi connectivity index (χ0v) is 39.7. The lowest BCUT2D eigenvalue weighted by Gasteiger charge is -2.51. The number of carbonyl (C=O) groups is 1. The normalized spacial score (nSPS) is 26.8. The van der Waals surface area contributed by atoms with Crippen LogP contribution in [-0.4, -0.2) is 85.0 Å². The third kappa shape index (κ3) is 13.2. The highest BCUT2D eigenvalue weighted by atomic mass is 32.2. The molecule has 3 fully saturated rings. The molecule has 6 aromatic rings. The Balaban J connectivity index is 1.11. The van der Waals surface area contributed by atoms with Crippen LogP contribution < -0.4 is 0 Å². The Bertz CT molecular complexity index is 2420. The quantitative estimate of drug-likeness (QED) is 0.0680. The minimum atomic E-state index is -1.13. The Labute approximate surface area is 409 Å². The summed E-state index contributed by atoms with van der Waals surface area (Å²) in [7, 11) is 0. The van der Waals surface area contributed by atoms with Crippen LogP contribution >= 0.6 is 11.8 Å². The molecular weight excluding hydrogens is 893 g/mol. The second-order valence-corrected chi connectivity index (χ2v) is 19.2. The van der Waals surface area contributed by atoms with Gasteiger partial charge in [-0.2, -0.15) is 0 Å². The van der Waals surface area contributed by atoms with E-state index in [1.807, 2.05) is 170 Å². The van der Waals surface area contributed by atoms with Crippen molar-refractivity contribution in [3.05, 3.63) is 215 Å². The summed E-state index contributed by atoms with van der Waals surface area (Å²) in [5, 5.41) is 0.0832. The summed E-state index contributed by atoms with van der Waals surface area (Å²) in [4.78, 5) is 14.3. The van der Waals surface area contributed by atoms with E-state index in [9.17, 15) is 4.79 Å². The van der Waals surface area contributed by atoms with Gasteiger partial charge in [-0.05, 0) is 34.4 Å². The lowest BCUT2D eigenvalue weighted by atomic mass is 9.96. The van der Waals surface area contributed by atoms with E-state index < -0.39 is 72.8 Å². The van der Waals surface area contributed by atoms with E-state index in [1.54, 1.807) is 23.9 Å². The van der Waals surface area contributed by atoms with E-state index in [1.165, 1.54) is 0 Å². The van der Waals surface area contributed by atoms with E-state index in [4.69, 9.17) is 47.4 Å². The van der Waals surface area contributed by atoms with Gasteiger partial charge in [0, 0.05) is 10.8 Å². The van der Waals surface area contributed by atoms with Crippen LogP contribution in [-0.2, 0) is 73.8 Å². The first-order chi connectivity index (χ1) is 33.9. The second kappa shape index (κ2) is 24.6. The van der Waals surface area contributed by atoms with Gasteiger partial charge in [0.2, 0.25) is 0 Å². The van der Waals surface area contributed by atoms with Crippen molar-refractivity contribution in [3.63, 3.8) is 0 Å². The molecule has 3 saturated heterocycles. The molecule has 0 radical (unpaired) electrons. The Morgan fingerprint density at radius 2 is 1.04 bits per heavy atom. The number of benzene rings is 6. The van der Waals surface area contributed by atoms with Crippen LogP contribution in [0.2, 0.25) is 0 Å². The van der Waals surface area contributed by atoms with E-state index in [0.717, 1.165) is 27.8 Å². The molecule has 0 aliphatic carbocycles. The smallest absolute Gasteiger partial charge is 0.338 e. The third-order valence-electron chi connectivity index (χ3n) is 12.1. The summed E-state index contributed by atoms with van der Waals surface area (Å²) in [6, 6.07) is 58.6. The van der Waals surface area contributed by atoms with E-state index in [-0.39, 0.29) is 38.3 Å². The summed E-state index contributed by atoms with van der Waals surface area (Å²) < 4.78 is 68.7. The van der Waals surface area contributed by atoms with E-state index in [0.29, 0.717) is 12.2 Å². The minimum Gasteiger partial charge on any atom is -0.453 e. The molecule has 12 heteroatoms. The molecule has 9 rings (SSSR count). The number of esters is 1. The summed E-state index contributed by atoms with van der Waals surface area (Å²) in [5.41, 5.74) is 4.46. The van der Waals surface area contributed by atoms with Gasteiger partial charge in [-0.1, -0.05) is 184 Å². The fraction of sp³-hybridized carbons (Fsp3) is 0.351. The minimum absolute atomic E-state index is 0.0832. The highest BCUT2D eigenvalue weighted by molar-refractivity contribution is 8.00. The average Bonchev–Trinajstić information content (AvgIpc) is 3.39. The number of hydrogen-bond acceptors (Lipinski definition) is 12. The van der Waals surface area contributed by atoms with Crippen LogP contribution in [0.5, 0.6) is 0 Å². The van der Waals surface area contributed by atoms with Crippen molar-refractivity contribution in [1.29, 1.82) is 0 Å². The molecule has 3 aliphatic heterocycles. The number of fused-ring (bicyclic) bond motifs is 1. The first kappa shape index (κ1) is 48.8. The largest absolute Gasteiger partial charge is 0.453 e. The van der Waals surface area contributed by atoms with Gasteiger partial charge in [0.15, 0.2) is 18.7 Å². The van der Waals surface area contributed by atoms with Crippen molar-refractivity contribution in [3.8, 4) is 0 Å². The molecule has 3 aliphatic rings. The number of rotatable bonds is 20. The van der Waals surface area contributed by atoms with E-state index >= 15 is 0 Å². The number of carbonyl (C=O) groups excluding carboxylic acids is 1. The molecule has 69 heavy (non-hydrogen) atoms. The van der Waals surface area contributed by atoms with Gasteiger partial charge in [-0.3, -0.25) is 0 Å². The van der Waals surface area contributed by atoms with Crippen LogP contribution in [0.4, 0.5) is 0 Å². The van der Waals surface area contributed by atoms with Gasteiger partial charge in [-0.15, -0.1) is 11.8 Å². The Morgan fingerprint density at radius 3 is 1.59 bits per heavy atom. The number of ether oxygens (including phenoxy) is 10. The molecule has 3 heterocycles. The first-order valence-corrected chi connectivity index (χ1v) is 24.7. The van der Waals surface area contributed by atoms with Crippen LogP contribution in [0.1, 0.15) is 58.3 Å². The lowest BCUT2D eigenvalue weighted by Crippen LogP contribution is -2.66. The summed E-state index contributed by atoms with van der Waals surface area (Å²) in [6.07, 6.45) is -8.28. The Hall–Kier alpha value is -5.22. The highest BCUT2D eigenvalue weighted by Crippen LogP contribution is 2.42. The fourth-order valence-electron chi connectivity index (χ4n) is 8.76. The van der Waals surface area contributed by atoms with Crippen molar-refractivity contribution < 1.29 is 52.2 Å². The average molecular weight is 953 g/mol. The van der Waals surface area contributed by atoms with Crippen LogP contribution in [0.15, 0.2) is 182 Å². The first-order valence-electron chi connectivity index (χ1n) is 23.7. The summed E-state index contributed by atoms with van der Waals surface area (Å²) in [5.74, 6) is -0.526. The summed E-state index contributed by atoms with van der Waals surface area (Å²) >= 11 is 1.56. The van der Waals surface area contributed by atoms with Crippen LogP contribution in [0.3, 0.4) is 0 Å². The van der Waals surface area contributed by atoms with Gasteiger partial charge in [-0.25, -0.2) is 4.79 Å². The van der Waals surface area contributed by atoms with Crippen LogP contribution in [0, 0.1) is 0 Å². The van der Waals surface area contributed by atoms with Crippen molar-refractivity contribution in [2.24, 2.45) is 0 Å². The zero-order chi connectivity index (χ0) is 47.2. The molecular formula is C57H60O11S. The molecule has 0 aromatic heterocycles. The van der Waals surface area contributed by atoms with Crippen molar-refractivity contribution in [2.75, 3.05) is 13.2 Å². The van der Waals surface area contributed by atoms with Gasteiger partial charge in [0.25, 0.3) is 0 Å². The van der Waals surface area contributed by atoms with Crippen molar-refractivity contribution in [1.82, 2.24) is 0 Å². The lowest BCUT2D eigenvalue weighted by molar-refractivity contribution is -0.367. The topological polar surface area (TPSA) is 109 Å². The molecule has 0 amide bonds. The molecule has 0 unspecified atom stereocenters. The second-order valence-electron chi connectivity index (χ2n) is 17.6. The molecule has 360 valence electrons. The van der Waals surface area contributed by atoms with Gasteiger partial charge >= 0.3 is 5.97 Å². The van der Waals surface area contributed by atoms with E-state index in [2.05, 4.69) is 13.8 Å². The maximum atomic E-state index is 14.3. The molecule has 0 N–H and O–H groups in total. The fourth-order valence-corrected chi connectivity index (χ4v) is 9.88. The molecule has 0 spiro atoms. The number of thioether (sulfide) groups is 1. The zero-order valence-electron chi connectivity index (χ0n) is 38.9. The number of hydrogen-bond donors (Lipinski definition) is 0. The van der Waals surface area contributed by atoms with Gasteiger partial charge in [0.05, 0.1) is 45.2 Å². The molecule has 0 saturated carbocycles. The van der Waals surface area contributed by atoms with Gasteiger partial charge in [0.1, 0.15) is 48.2 Å². The van der Waals surface area contributed by atoms with Crippen LogP contribution in [0.25, 0.3) is 0 Å². The monoisotopic (exact) mass is 952 g/mol. The predicted octanol–water partition coefficient (Wildman–Crippen LogP) is 10.3. The maximum absolute atomic E-state index is 14.3. The molecule has 11 atom stereocenters. The Kier molecular flexibility index (Phi) is 17.4. The molecule has 11 nitrogen and oxygen atoms in total. The molecule has 6 aromatic carbocycles.